The highest BCUT2D eigenvalue weighted by Crippen LogP contribution is 2.36. The summed E-state index contributed by atoms with van der Waals surface area (Å²) in [5.74, 6) is 0.150. The van der Waals surface area contributed by atoms with Gasteiger partial charge in [-0.15, -0.1) is 0 Å². The minimum absolute atomic E-state index is 0.0765. The van der Waals surface area contributed by atoms with Gasteiger partial charge in [0.2, 0.25) is 0 Å². The van der Waals surface area contributed by atoms with E-state index in [2.05, 4.69) is 15.0 Å². The molecule has 2 N–H and O–H groups in total. The number of aromatic amines is 1. The molecule has 2 aromatic heterocycles. The summed E-state index contributed by atoms with van der Waals surface area (Å²) in [5, 5.41) is 10.2. The number of pyridine rings is 1. The number of benzene rings is 1. The second kappa shape index (κ2) is 8.95. The quantitative estimate of drug-likeness (QED) is 0.577. The molecule has 2 unspecified atom stereocenters. The van der Waals surface area contributed by atoms with Crippen LogP contribution < -0.4 is 10.3 Å². The summed E-state index contributed by atoms with van der Waals surface area (Å²) < 4.78 is 47.0. The van der Waals surface area contributed by atoms with Gasteiger partial charge in [0.1, 0.15) is 17.7 Å². The number of fused-ring (bicyclic) bond motifs is 1. The van der Waals surface area contributed by atoms with Crippen molar-refractivity contribution in [2.24, 2.45) is 0 Å². The molecule has 0 radical (unpaired) electrons. The van der Waals surface area contributed by atoms with E-state index in [1.54, 1.807) is 11.8 Å². The molecule has 0 aliphatic carbocycles. The highest BCUT2D eigenvalue weighted by atomic mass is 19.4. The van der Waals surface area contributed by atoms with Crippen LogP contribution in [0.2, 0.25) is 0 Å². The first-order valence-corrected chi connectivity index (χ1v) is 11.1. The topological polar surface area (TPSA) is 108 Å². The molecule has 1 fully saturated rings. The molecule has 0 spiro atoms. The van der Waals surface area contributed by atoms with Crippen molar-refractivity contribution in [1.82, 2.24) is 19.9 Å². The Morgan fingerprint density at radius 3 is 2.57 bits per heavy atom. The van der Waals surface area contributed by atoms with E-state index in [0.717, 1.165) is 6.07 Å². The number of amides is 1. The lowest BCUT2D eigenvalue weighted by Crippen LogP contribution is -2.48. The third-order valence-electron chi connectivity index (χ3n) is 5.93. The number of likely N-dealkylation sites (tertiary alicyclic amines) is 1. The van der Waals surface area contributed by atoms with Gasteiger partial charge in [0.05, 0.1) is 11.0 Å². The minimum Gasteiger partial charge on any atom is -0.486 e. The van der Waals surface area contributed by atoms with Crippen molar-refractivity contribution in [3.05, 3.63) is 63.3 Å². The Kier molecular flexibility index (Phi) is 6.31. The van der Waals surface area contributed by atoms with Crippen LogP contribution in [0, 0.1) is 6.92 Å². The molecule has 35 heavy (non-hydrogen) atoms. The zero-order valence-corrected chi connectivity index (χ0v) is 19.4. The maximum Gasteiger partial charge on any atom is 0.433 e. The number of aliphatic hydroxyl groups is 1. The zero-order chi connectivity index (χ0) is 25.5. The fourth-order valence-electron chi connectivity index (χ4n) is 4.25. The largest absolute Gasteiger partial charge is 0.486 e. The first-order chi connectivity index (χ1) is 16.3. The monoisotopic (exact) mass is 490 g/mol. The number of H-pyrrole nitrogens is 1. The average Bonchev–Trinajstić information content (AvgIpc) is 2.77. The van der Waals surface area contributed by atoms with Gasteiger partial charge in [-0.1, -0.05) is 0 Å². The lowest BCUT2D eigenvalue weighted by molar-refractivity contribution is -0.142. The van der Waals surface area contributed by atoms with Gasteiger partial charge in [0.15, 0.2) is 11.3 Å². The second-order valence-corrected chi connectivity index (χ2v) is 9.06. The first kappa shape index (κ1) is 24.6. The van der Waals surface area contributed by atoms with E-state index in [9.17, 15) is 27.9 Å². The van der Waals surface area contributed by atoms with Crippen molar-refractivity contribution in [3.8, 4) is 5.75 Å². The van der Waals surface area contributed by atoms with Gasteiger partial charge < -0.3 is 19.7 Å². The third kappa shape index (κ3) is 5.29. The van der Waals surface area contributed by atoms with Crippen molar-refractivity contribution in [2.45, 2.75) is 51.5 Å². The second-order valence-electron chi connectivity index (χ2n) is 9.06. The molecule has 8 nitrogen and oxygen atoms in total. The summed E-state index contributed by atoms with van der Waals surface area (Å²) in [6.07, 6.45) is -4.59. The molecule has 1 amide bonds. The van der Waals surface area contributed by atoms with Crippen molar-refractivity contribution in [2.75, 3.05) is 13.1 Å². The molecule has 4 rings (SSSR count). The lowest BCUT2D eigenvalue weighted by Gasteiger charge is -2.36. The normalized spacial score (nSPS) is 19.6. The predicted molar refractivity (Wildman–Crippen MR) is 121 cm³/mol. The highest BCUT2D eigenvalue weighted by molar-refractivity contribution is 5.94. The van der Waals surface area contributed by atoms with Gasteiger partial charge in [-0.25, -0.2) is 9.97 Å². The summed E-state index contributed by atoms with van der Waals surface area (Å²) in [5.41, 5.74) is -2.95. The standard InChI is InChI=1S/C24H25F3N4O4/c1-13(17-11-18-20(28-14(2)29-21(18)32)30-19(17)24(25,26)27)35-16-7-5-15(6-8-16)22(33)31-10-4-9-23(3,34)12-31/h5-8,11,13,34H,4,9-10,12H2,1-3H3,(H,28,29,30,32). The van der Waals surface area contributed by atoms with Crippen LogP contribution in [0.3, 0.4) is 0 Å². The SMILES string of the molecule is Cc1nc2nc(C(F)(F)F)c(C(C)Oc3ccc(C(=O)N4CCCC(C)(O)C4)cc3)cc2c(=O)[nH]1. The molecule has 1 aromatic carbocycles. The number of nitrogens with one attached hydrogen (secondary N) is 1. The smallest absolute Gasteiger partial charge is 0.433 e. The minimum atomic E-state index is -4.79. The Morgan fingerprint density at radius 2 is 1.94 bits per heavy atom. The van der Waals surface area contributed by atoms with E-state index in [1.807, 2.05) is 0 Å². The van der Waals surface area contributed by atoms with Crippen LogP contribution in [0.15, 0.2) is 35.1 Å². The number of aromatic nitrogens is 3. The zero-order valence-electron chi connectivity index (χ0n) is 19.4. The maximum absolute atomic E-state index is 13.8. The Labute approximate surface area is 198 Å². The number of halogens is 3. The predicted octanol–water partition coefficient (Wildman–Crippen LogP) is 3.77. The fraction of sp³-hybridized carbons (Fsp3) is 0.417. The van der Waals surface area contributed by atoms with Crippen molar-refractivity contribution in [3.63, 3.8) is 0 Å². The van der Waals surface area contributed by atoms with Crippen molar-refractivity contribution in [1.29, 1.82) is 0 Å². The molecule has 1 aliphatic heterocycles. The summed E-state index contributed by atoms with van der Waals surface area (Å²) in [4.78, 5) is 36.6. The van der Waals surface area contributed by atoms with Crippen LogP contribution in [0.25, 0.3) is 11.0 Å². The molecule has 0 saturated carbocycles. The number of nitrogens with zero attached hydrogens (tertiary/aromatic N) is 3. The Morgan fingerprint density at radius 1 is 1.26 bits per heavy atom. The number of hydrogen-bond donors (Lipinski definition) is 2. The first-order valence-electron chi connectivity index (χ1n) is 11.1. The van der Waals surface area contributed by atoms with Crippen LogP contribution in [0.5, 0.6) is 5.75 Å². The van der Waals surface area contributed by atoms with Crippen LogP contribution in [0.1, 0.15) is 60.2 Å². The van der Waals surface area contributed by atoms with Crippen LogP contribution >= 0.6 is 0 Å². The number of piperidine rings is 1. The average molecular weight is 490 g/mol. The number of carbonyl (C=O) groups is 1. The molecule has 2 atom stereocenters. The molecule has 3 aromatic rings. The van der Waals surface area contributed by atoms with Crippen LogP contribution in [0.4, 0.5) is 13.2 Å². The van der Waals surface area contributed by atoms with Gasteiger partial charge in [-0.05, 0) is 63.9 Å². The van der Waals surface area contributed by atoms with E-state index in [0.29, 0.717) is 24.9 Å². The lowest BCUT2D eigenvalue weighted by atomic mass is 9.94. The molecule has 1 aliphatic rings. The van der Waals surface area contributed by atoms with Gasteiger partial charge >= 0.3 is 6.18 Å². The highest BCUT2D eigenvalue weighted by Gasteiger charge is 2.38. The number of rotatable bonds is 4. The number of carbonyl (C=O) groups excluding carboxylic acids is 1. The fourth-order valence-corrected chi connectivity index (χ4v) is 4.25. The van der Waals surface area contributed by atoms with E-state index in [1.165, 1.54) is 38.1 Å². The summed E-state index contributed by atoms with van der Waals surface area (Å²) >= 11 is 0. The summed E-state index contributed by atoms with van der Waals surface area (Å²) in [6.45, 7) is 5.32. The maximum atomic E-state index is 13.8. The Hall–Kier alpha value is -3.47. The van der Waals surface area contributed by atoms with E-state index < -0.39 is 29.1 Å². The molecular formula is C24H25F3N4O4. The van der Waals surface area contributed by atoms with Gasteiger partial charge in [0.25, 0.3) is 11.5 Å². The van der Waals surface area contributed by atoms with Gasteiger partial charge in [-0.3, -0.25) is 9.59 Å². The molecule has 186 valence electrons. The number of ether oxygens (including phenoxy) is 1. The van der Waals surface area contributed by atoms with Crippen LogP contribution in [-0.4, -0.2) is 49.6 Å². The van der Waals surface area contributed by atoms with Gasteiger partial charge in [-0.2, -0.15) is 13.2 Å². The van der Waals surface area contributed by atoms with Crippen LogP contribution in [-0.2, 0) is 6.18 Å². The number of hydrogen-bond acceptors (Lipinski definition) is 6. The van der Waals surface area contributed by atoms with Crippen molar-refractivity contribution < 1.29 is 27.8 Å². The summed E-state index contributed by atoms with van der Waals surface area (Å²) in [6, 6.07) is 7.13. The molecule has 1 saturated heterocycles. The third-order valence-corrected chi connectivity index (χ3v) is 5.93. The molecule has 11 heteroatoms. The molecule has 3 heterocycles. The molecular weight excluding hydrogens is 465 g/mol. The number of β-amino-alcohol motifs (C(OH)–C–C–N with tert-alkyl or cyclic N) is 1. The number of alkyl halides is 3. The van der Waals surface area contributed by atoms with E-state index >= 15 is 0 Å². The van der Waals surface area contributed by atoms with Crippen molar-refractivity contribution >= 4 is 16.9 Å². The summed E-state index contributed by atoms with van der Waals surface area (Å²) in [7, 11) is 0. The Balaban J connectivity index is 1.59. The van der Waals surface area contributed by atoms with Gasteiger partial charge in [0, 0.05) is 24.2 Å². The molecule has 0 bridgehead atoms. The van der Waals surface area contributed by atoms with E-state index in [-0.39, 0.29) is 40.6 Å². The number of aryl methyl sites for hydroxylation is 1. The van der Waals surface area contributed by atoms with E-state index in [4.69, 9.17) is 4.74 Å². The Bertz CT molecular complexity index is 1320.